The zero-order chi connectivity index (χ0) is 16.4. The first kappa shape index (κ1) is 16.2. The predicted octanol–water partition coefficient (Wildman–Crippen LogP) is 2.61. The van der Waals surface area contributed by atoms with Crippen LogP contribution in [0.3, 0.4) is 0 Å². The molecular weight excluding hydrogens is 377 g/mol. The van der Waals surface area contributed by atoms with Crippen LogP contribution < -0.4 is 10.4 Å². The molecule has 22 heavy (non-hydrogen) atoms. The van der Waals surface area contributed by atoms with Crippen molar-refractivity contribution >= 4 is 27.5 Å². The van der Waals surface area contributed by atoms with E-state index >= 15 is 0 Å². The number of aromatic nitrogens is 2. The largest absolute Gasteiger partial charge is 0.480 e. The number of terminal acetylenes is 1. The van der Waals surface area contributed by atoms with Gasteiger partial charge in [-0.3, -0.25) is 4.57 Å². The number of hydrogen-bond donors (Lipinski definition) is 0. The van der Waals surface area contributed by atoms with Crippen molar-refractivity contribution < 1.29 is 9.13 Å². The van der Waals surface area contributed by atoms with Gasteiger partial charge in [-0.2, -0.15) is 5.26 Å². The van der Waals surface area contributed by atoms with Gasteiger partial charge in [-0.1, -0.05) is 17.5 Å². The zero-order valence-electron chi connectivity index (χ0n) is 11.2. The van der Waals surface area contributed by atoms with Crippen molar-refractivity contribution in [2.24, 2.45) is 7.05 Å². The molecule has 0 radical (unpaired) electrons. The van der Waals surface area contributed by atoms with E-state index in [-0.39, 0.29) is 28.9 Å². The molecule has 0 atom stereocenters. The zero-order valence-corrected chi connectivity index (χ0v) is 13.6. The molecule has 5 nitrogen and oxygen atoms in total. The second-order valence-corrected chi connectivity index (χ2v) is 5.37. The van der Waals surface area contributed by atoms with Gasteiger partial charge in [0.15, 0.2) is 10.8 Å². The van der Waals surface area contributed by atoms with Crippen LogP contribution in [0.2, 0.25) is 5.15 Å². The summed E-state index contributed by atoms with van der Waals surface area (Å²) in [5, 5.41) is 8.83. The van der Waals surface area contributed by atoms with Gasteiger partial charge in [-0.25, -0.2) is 13.8 Å². The van der Waals surface area contributed by atoms with Crippen LogP contribution in [-0.2, 0) is 7.05 Å². The first-order chi connectivity index (χ1) is 10.4. The van der Waals surface area contributed by atoms with Crippen LogP contribution in [0.5, 0.6) is 5.75 Å². The molecule has 0 aliphatic heterocycles. The van der Waals surface area contributed by atoms with E-state index < -0.39 is 11.5 Å². The van der Waals surface area contributed by atoms with Crippen LogP contribution >= 0.6 is 27.5 Å². The van der Waals surface area contributed by atoms with Crippen molar-refractivity contribution in [2.75, 3.05) is 6.61 Å². The summed E-state index contributed by atoms with van der Waals surface area (Å²) in [5.41, 5.74) is -0.854. The van der Waals surface area contributed by atoms with Crippen LogP contribution in [-0.4, -0.2) is 15.7 Å². The average molecular weight is 385 g/mol. The highest BCUT2D eigenvalue weighted by Crippen LogP contribution is 2.31. The van der Waals surface area contributed by atoms with E-state index in [0.29, 0.717) is 4.47 Å². The summed E-state index contributed by atoms with van der Waals surface area (Å²) in [7, 11) is 1.37. The summed E-state index contributed by atoms with van der Waals surface area (Å²) >= 11 is 9.15. The van der Waals surface area contributed by atoms with Crippen molar-refractivity contribution in [3.05, 3.63) is 43.8 Å². The minimum absolute atomic E-state index is 0.0233. The molecule has 8 heteroatoms. The van der Waals surface area contributed by atoms with Gasteiger partial charge >= 0.3 is 5.69 Å². The second-order valence-electron chi connectivity index (χ2n) is 4.16. The topological polar surface area (TPSA) is 60.0 Å². The van der Waals surface area contributed by atoms with Gasteiger partial charge in [0.2, 0.25) is 0 Å². The fourth-order valence-corrected chi connectivity index (χ4v) is 2.59. The van der Waals surface area contributed by atoms with Gasteiger partial charge in [0.05, 0.1) is 10.2 Å². The fraction of sp³-hybridized carbons (Fsp3) is 0.143. The Labute approximate surface area is 138 Å². The summed E-state index contributed by atoms with van der Waals surface area (Å²) in [5.74, 6) is 1.82. The third-order valence-corrected chi connectivity index (χ3v) is 3.83. The number of benzene rings is 1. The standard InChI is InChI=1S/C14H8BrClFN3O2/c1-3-4-22-12-6-10(9(17)5-8(12)15)20-13(16)11(7-18)19(2)14(20)21/h1,5-6H,4H2,2H3. The summed E-state index contributed by atoms with van der Waals surface area (Å²) in [6, 6.07) is 4.21. The number of ether oxygens (including phenoxy) is 1. The summed E-state index contributed by atoms with van der Waals surface area (Å²) in [6.45, 7) is -0.0233. The molecule has 0 unspecified atom stereocenters. The molecule has 112 valence electrons. The third kappa shape index (κ3) is 2.61. The minimum Gasteiger partial charge on any atom is -0.480 e. The molecule has 1 aromatic heterocycles. The Morgan fingerprint density at radius 3 is 2.77 bits per heavy atom. The fourth-order valence-electron chi connectivity index (χ4n) is 1.82. The Kier molecular flexibility index (Phi) is 4.60. The van der Waals surface area contributed by atoms with Gasteiger partial charge in [0, 0.05) is 13.1 Å². The number of hydrogen-bond acceptors (Lipinski definition) is 3. The lowest BCUT2D eigenvalue weighted by atomic mass is 10.3. The van der Waals surface area contributed by atoms with Gasteiger partial charge < -0.3 is 4.74 Å². The molecule has 0 saturated heterocycles. The normalized spacial score (nSPS) is 10.1. The number of nitrogens with zero attached hydrogens (tertiary/aromatic N) is 3. The third-order valence-electron chi connectivity index (χ3n) is 2.86. The van der Waals surface area contributed by atoms with E-state index in [2.05, 4.69) is 21.9 Å². The van der Waals surface area contributed by atoms with Crippen LogP contribution in [0.4, 0.5) is 4.39 Å². The smallest absolute Gasteiger partial charge is 0.334 e. The Balaban J connectivity index is 2.72. The highest BCUT2D eigenvalue weighted by Gasteiger charge is 2.21. The molecule has 0 spiro atoms. The molecule has 0 aliphatic rings. The Hall–Kier alpha value is -2.22. The number of imidazole rings is 1. The van der Waals surface area contributed by atoms with Crippen molar-refractivity contribution in [2.45, 2.75) is 0 Å². The lowest BCUT2D eigenvalue weighted by Crippen LogP contribution is -2.22. The Bertz CT molecular complexity index is 889. The Morgan fingerprint density at radius 2 is 2.23 bits per heavy atom. The lowest BCUT2D eigenvalue weighted by Gasteiger charge is -2.10. The summed E-state index contributed by atoms with van der Waals surface area (Å²) in [4.78, 5) is 12.2. The molecule has 0 bridgehead atoms. The van der Waals surface area contributed by atoms with Crippen molar-refractivity contribution in [1.82, 2.24) is 9.13 Å². The van der Waals surface area contributed by atoms with E-state index in [0.717, 1.165) is 15.2 Å². The molecule has 0 fully saturated rings. The van der Waals surface area contributed by atoms with Gasteiger partial charge in [-0.05, 0) is 22.0 Å². The second kappa shape index (κ2) is 6.27. The van der Waals surface area contributed by atoms with E-state index in [1.807, 2.05) is 0 Å². The van der Waals surface area contributed by atoms with Crippen LogP contribution in [0.15, 0.2) is 21.4 Å². The highest BCUT2D eigenvalue weighted by atomic mass is 79.9. The maximum Gasteiger partial charge on any atom is 0.334 e. The SMILES string of the molecule is C#CCOc1cc(-n2c(Cl)c(C#N)n(C)c2=O)c(F)cc1Br. The van der Waals surface area contributed by atoms with E-state index in [1.165, 1.54) is 13.1 Å². The molecule has 2 aromatic rings. The molecule has 0 N–H and O–H groups in total. The van der Waals surface area contributed by atoms with E-state index in [4.69, 9.17) is 28.0 Å². The highest BCUT2D eigenvalue weighted by molar-refractivity contribution is 9.10. The molecule has 1 heterocycles. The minimum atomic E-state index is -0.709. The number of nitriles is 1. The monoisotopic (exact) mass is 383 g/mol. The van der Waals surface area contributed by atoms with E-state index in [9.17, 15) is 9.18 Å². The maximum absolute atomic E-state index is 14.2. The molecule has 0 saturated carbocycles. The van der Waals surface area contributed by atoms with Gasteiger partial charge in [0.25, 0.3) is 0 Å². The number of rotatable bonds is 3. The van der Waals surface area contributed by atoms with Gasteiger partial charge in [0.1, 0.15) is 24.2 Å². The predicted molar refractivity (Wildman–Crippen MR) is 82.7 cm³/mol. The summed E-state index contributed by atoms with van der Waals surface area (Å²) in [6.07, 6.45) is 5.11. The molecule has 2 rings (SSSR count). The quantitative estimate of drug-likeness (QED) is 0.764. The maximum atomic E-state index is 14.2. The number of halogens is 3. The van der Waals surface area contributed by atoms with Crippen molar-refractivity contribution in [3.63, 3.8) is 0 Å². The average Bonchev–Trinajstić information content (AvgIpc) is 2.69. The van der Waals surface area contributed by atoms with Crippen LogP contribution in [0.25, 0.3) is 5.69 Å². The first-order valence-corrected chi connectivity index (χ1v) is 7.02. The molecule has 1 aromatic carbocycles. The van der Waals surface area contributed by atoms with Gasteiger partial charge in [-0.15, -0.1) is 6.42 Å². The van der Waals surface area contributed by atoms with E-state index in [1.54, 1.807) is 6.07 Å². The Morgan fingerprint density at radius 1 is 1.55 bits per heavy atom. The van der Waals surface area contributed by atoms with Crippen LogP contribution in [0, 0.1) is 29.5 Å². The molecule has 0 aliphatic carbocycles. The summed E-state index contributed by atoms with van der Waals surface area (Å²) < 4.78 is 21.7. The molecular formula is C14H8BrClFN3O2. The van der Waals surface area contributed by atoms with Crippen molar-refractivity contribution in [1.29, 1.82) is 5.26 Å². The lowest BCUT2D eigenvalue weighted by molar-refractivity contribution is 0.367. The van der Waals surface area contributed by atoms with Crippen molar-refractivity contribution in [3.8, 4) is 29.8 Å². The first-order valence-electron chi connectivity index (χ1n) is 5.85. The molecule has 0 amide bonds. The van der Waals surface area contributed by atoms with Crippen LogP contribution in [0.1, 0.15) is 5.69 Å².